The van der Waals surface area contributed by atoms with E-state index in [1.54, 1.807) is 0 Å². The van der Waals surface area contributed by atoms with Gasteiger partial charge in [-0.25, -0.2) is 0 Å². The first-order chi connectivity index (χ1) is 9.63. The average molecular weight is 298 g/mol. The minimum atomic E-state index is -0.684. The molecule has 0 amide bonds. The van der Waals surface area contributed by atoms with Gasteiger partial charge in [0.25, 0.3) is 0 Å². The van der Waals surface area contributed by atoms with Gasteiger partial charge in [0, 0.05) is 6.54 Å². The van der Waals surface area contributed by atoms with E-state index in [1.807, 2.05) is 12.1 Å². The lowest BCUT2D eigenvalue weighted by atomic mass is 9.97. The Hall–Kier alpha value is -1.46. The zero-order valence-corrected chi connectivity index (χ0v) is 11.7. The number of nitrogens with zero attached hydrogens (tertiary/aromatic N) is 1. The predicted octanol–water partition coefficient (Wildman–Crippen LogP) is 2.37. The Morgan fingerprint density at radius 1 is 1.35 bits per heavy atom. The Kier molecular flexibility index (Phi) is 3.72. The molecule has 1 aromatic rings. The van der Waals surface area contributed by atoms with Gasteiger partial charge < -0.3 is 14.6 Å². The zero-order chi connectivity index (χ0) is 14.1. The van der Waals surface area contributed by atoms with E-state index in [0.29, 0.717) is 29.4 Å². The van der Waals surface area contributed by atoms with E-state index in [9.17, 15) is 4.79 Å². The summed E-state index contributed by atoms with van der Waals surface area (Å²) in [5.41, 5.74) is 1.06. The zero-order valence-electron chi connectivity index (χ0n) is 11.0. The number of likely N-dealkylation sites (tertiary alicyclic amines) is 1. The molecule has 3 rings (SSSR count). The fourth-order valence-corrected chi connectivity index (χ4v) is 3.00. The second kappa shape index (κ2) is 5.50. The van der Waals surface area contributed by atoms with Gasteiger partial charge in [0.15, 0.2) is 11.5 Å². The molecule has 2 aliphatic heterocycles. The highest BCUT2D eigenvalue weighted by Gasteiger charge is 2.25. The molecule has 1 aromatic carbocycles. The summed E-state index contributed by atoms with van der Waals surface area (Å²) in [5.74, 6) is 0.412. The van der Waals surface area contributed by atoms with E-state index in [1.165, 1.54) is 0 Å². The molecule has 0 saturated carbocycles. The van der Waals surface area contributed by atoms with Gasteiger partial charge in [-0.1, -0.05) is 11.6 Å². The summed E-state index contributed by atoms with van der Waals surface area (Å²) in [6, 6.07) is 3.83. The van der Waals surface area contributed by atoms with Crippen LogP contribution in [0.15, 0.2) is 12.1 Å². The lowest BCUT2D eigenvalue weighted by molar-refractivity contribution is -0.143. The molecule has 2 heterocycles. The highest BCUT2D eigenvalue weighted by molar-refractivity contribution is 6.32. The fourth-order valence-electron chi connectivity index (χ4n) is 2.71. The lowest BCUT2D eigenvalue weighted by Gasteiger charge is -2.30. The molecule has 2 aliphatic rings. The maximum Gasteiger partial charge on any atom is 0.306 e. The van der Waals surface area contributed by atoms with Crippen molar-refractivity contribution in [3.63, 3.8) is 0 Å². The number of carboxylic acid groups (broad SMARTS) is 1. The molecule has 0 radical (unpaired) electrons. The number of hydrogen-bond donors (Lipinski definition) is 1. The number of aliphatic carboxylic acids is 1. The van der Waals surface area contributed by atoms with Crippen LogP contribution in [0.3, 0.4) is 0 Å². The molecule has 0 aliphatic carbocycles. The normalized spacial score (nSPS) is 19.2. The van der Waals surface area contributed by atoms with Gasteiger partial charge in [0.1, 0.15) is 0 Å². The second-order valence-electron chi connectivity index (χ2n) is 5.20. The largest absolute Gasteiger partial charge is 0.481 e. The summed E-state index contributed by atoms with van der Waals surface area (Å²) in [5, 5.41) is 9.56. The number of carbonyl (C=O) groups is 1. The topological polar surface area (TPSA) is 59.0 Å². The van der Waals surface area contributed by atoms with Gasteiger partial charge >= 0.3 is 5.97 Å². The fraction of sp³-hybridized carbons (Fsp3) is 0.500. The van der Waals surface area contributed by atoms with Crippen LogP contribution in [0, 0.1) is 5.92 Å². The van der Waals surface area contributed by atoms with E-state index in [2.05, 4.69) is 4.90 Å². The van der Waals surface area contributed by atoms with Crippen LogP contribution in [0.2, 0.25) is 5.02 Å². The standard InChI is InChI=1S/C14H16ClNO4/c15-11-5-9(6-12-13(11)20-8-19-12)7-16-3-1-10(2-4-16)14(17)18/h5-6,10H,1-4,7-8H2,(H,17,18). The average Bonchev–Trinajstić information content (AvgIpc) is 2.88. The Bertz CT molecular complexity index is 526. The third kappa shape index (κ3) is 2.69. The minimum Gasteiger partial charge on any atom is -0.481 e. The second-order valence-corrected chi connectivity index (χ2v) is 5.61. The summed E-state index contributed by atoms with van der Waals surface area (Å²) in [6.45, 7) is 2.55. The molecule has 0 unspecified atom stereocenters. The minimum absolute atomic E-state index is 0.202. The third-order valence-corrected chi connectivity index (χ3v) is 4.11. The number of carboxylic acids is 1. The Morgan fingerprint density at radius 3 is 2.80 bits per heavy atom. The number of fused-ring (bicyclic) bond motifs is 1. The monoisotopic (exact) mass is 297 g/mol. The number of ether oxygens (including phenoxy) is 2. The molecule has 5 nitrogen and oxygen atoms in total. The molecule has 6 heteroatoms. The Labute approximate surface area is 122 Å². The number of halogens is 1. The van der Waals surface area contributed by atoms with Crippen molar-refractivity contribution in [3.05, 3.63) is 22.7 Å². The summed E-state index contributed by atoms with van der Waals surface area (Å²) in [4.78, 5) is 13.2. The van der Waals surface area contributed by atoms with Crippen LogP contribution in [0.5, 0.6) is 11.5 Å². The maximum atomic E-state index is 10.9. The van der Waals surface area contributed by atoms with Gasteiger partial charge in [-0.3, -0.25) is 9.69 Å². The summed E-state index contributed by atoms with van der Waals surface area (Å²) < 4.78 is 10.6. The molecular weight excluding hydrogens is 282 g/mol. The van der Waals surface area contributed by atoms with Crippen molar-refractivity contribution in [1.29, 1.82) is 0 Å². The summed E-state index contributed by atoms with van der Waals surface area (Å²) >= 11 is 6.16. The van der Waals surface area contributed by atoms with Gasteiger partial charge in [-0.15, -0.1) is 0 Å². The van der Waals surface area contributed by atoms with Crippen LogP contribution in [0.1, 0.15) is 18.4 Å². The SMILES string of the molecule is O=C(O)C1CCN(Cc2cc(Cl)c3c(c2)OCO3)CC1. The first-order valence-corrected chi connectivity index (χ1v) is 7.04. The predicted molar refractivity (Wildman–Crippen MR) is 73.2 cm³/mol. The van der Waals surface area contributed by atoms with Crippen molar-refractivity contribution < 1.29 is 19.4 Å². The summed E-state index contributed by atoms with van der Waals surface area (Å²) in [7, 11) is 0. The molecular formula is C14H16ClNO4. The highest BCUT2D eigenvalue weighted by Crippen LogP contribution is 2.40. The molecule has 1 N–H and O–H groups in total. The number of benzene rings is 1. The summed E-state index contributed by atoms with van der Waals surface area (Å²) in [6.07, 6.45) is 1.40. The van der Waals surface area contributed by atoms with E-state index in [-0.39, 0.29) is 12.7 Å². The van der Waals surface area contributed by atoms with Gasteiger partial charge in [-0.2, -0.15) is 0 Å². The first kappa shape index (κ1) is 13.5. The smallest absolute Gasteiger partial charge is 0.306 e. The lowest BCUT2D eigenvalue weighted by Crippen LogP contribution is -2.35. The van der Waals surface area contributed by atoms with Crippen molar-refractivity contribution >= 4 is 17.6 Å². The van der Waals surface area contributed by atoms with Crippen molar-refractivity contribution in [2.45, 2.75) is 19.4 Å². The van der Waals surface area contributed by atoms with E-state index < -0.39 is 5.97 Å². The van der Waals surface area contributed by atoms with Crippen molar-refractivity contribution in [2.75, 3.05) is 19.9 Å². The van der Waals surface area contributed by atoms with Crippen LogP contribution in [0.25, 0.3) is 0 Å². The number of rotatable bonds is 3. The van der Waals surface area contributed by atoms with Crippen molar-refractivity contribution in [1.82, 2.24) is 4.90 Å². The molecule has 0 bridgehead atoms. The first-order valence-electron chi connectivity index (χ1n) is 6.66. The number of hydrogen-bond acceptors (Lipinski definition) is 4. The van der Waals surface area contributed by atoms with Crippen LogP contribution < -0.4 is 9.47 Å². The maximum absolute atomic E-state index is 10.9. The quantitative estimate of drug-likeness (QED) is 0.928. The molecule has 20 heavy (non-hydrogen) atoms. The van der Waals surface area contributed by atoms with Crippen LogP contribution in [-0.4, -0.2) is 35.9 Å². The van der Waals surface area contributed by atoms with E-state index in [4.69, 9.17) is 26.2 Å². The molecule has 1 fully saturated rings. The van der Waals surface area contributed by atoms with Crippen LogP contribution >= 0.6 is 11.6 Å². The molecule has 108 valence electrons. The molecule has 1 saturated heterocycles. The van der Waals surface area contributed by atoms with Crippen LogP contribution in [-0.2, 0) is 11.3 Å². The van der Waals surface area contributed by atoms with Gasteiger partial charge in [0.05, 0.1) is 10.9 Å². The number of piperidine rings is 1. The van der Waals surface area contributed by atoms with Gasteiger partial charge in [0.2, 0.25) is 6.79 Å². The van der Waals surface area contributed by atoms with E-state index in [0.717, 1.165) is 25.2 Å². The highest BCUT2D eigenvalue weighted by atomic mass is 35.5. The Balaban J connectivity index is 1.65. The third-order valence-electron chi connectivity index (χ3n) is 3.83. The van der Waals surface area contributed by atoms with E-state index >= 15 is 0 Å². The van der Waals surface area contributed by atoms with Crippen molar-refractivity contribution in [2.24, 2.45) is 5.92 Å². The molecule has 0 spiro atoms. The van der Waals surface area contributed by atoms with Crippen molar-refractivity contribution in [3.8, 4) is 11.5 Å². The van der Waals surface area contributed by atoms with Crippen LogP contribution in [0.4, 0.5) is 0 Å². The van der Waals surface area contributed by atoms with Gasteiger partial charge in [-0.05, 0) is 43.6 Å². The molecule has 0 aromatic heterocycles. The molecule has 0 atom stereocenters. The Morgan fingerprint density at radius 2 is 2.10 bits per heavy atom.